The predicted octanol–water partition coefficient (Wildman–Crippen LogP) is 1.02. The second kappa shape index (κ2) is 6.21. The van der Waals surface area contributed by atoms with Crippen molar-refractivity contribution in [1.82, 2.24) is 15.3 Å². The average Bonchev–Trinajstić information content (AvgIpc) is 2.27. The lowest BCUT2D eigenvalue weighted by Gasteiger charge is -2.10. The third kappa shape index (κ3) is 4.98. The molecule has 0 aliphatic carbocycles. The Labute approximate surface area is 107 Å². The Morgan fingerprint density at radius 2 is 2.11 bits per heavy atom. The van der Waals surface area contributed by atoms with Gasteiger partial charge in [0.1, 0.15) is 5.82 Å². The van der Waals surface area contributed by atoms with Crippen molar-refractivity contribution in [3.63, 3.8) is 0 Å². The van der Waals surface area contributed by atoms with Gasteiger partial charge in [0.2, 0.25) is 11.9 Å². The fourth-order valence-electron chi connectivity index (χ4n) is 1.29. The maximum atomic E-state index is 12.5. The molecule has 106 valence electrons. The third-order valence-corrected chi connectivity index (χ3v) is 2.07. The van der Waals surface area contributed by atoms with Gasteiger partial charge in [-0.1, -0.05) is 0 Å². The topological polar surface area (TPSA) is 92.9 Å². The highest BCUT2D eigenvalue weighted by molar-refractivity contribution is 5.76. The molecule has 19 heavy (non-hydrogen) atoms. The Balaban J connectivity index is 2.64. The smallest absolute Gasteiger partial charge is 0.369 e. The van der Waals surface area contributed by atoms with Crippen molar-refractivity contribution in [2.75, 3.05) is 24.1 Å². The number of nitrogens with zero attached hydrogens (tertiary/aromatic N) is 2. The van der Waals surface area contributed by atoms with Crippen LogP contribution in [0.15, 0.2) is 6.07 Å². The number of hydrogen-bond donors (Lipinski definition) is 3. The normalized spacial score (nSPS) is 11.2. The van der Waals surface area contributed by atoms with E-state index in [0.717, 1.165) is 6.07 Å². The maximum Gasteiger partial charge on any atom is 0.433 e. The van der Waals surface area contributed by atoms with Crippen molar-refractivity contribution in [2.45, 2.75) is 19.5 Å². The van der Waals surface area contributed by atoms with Crippen LogP contribution in [0, 0.1) is 0 Å². The lowest BCUT2D eigenvalue weighted by molar-refractivity contribution is -0.141. The van der Waals surface area contributed by atoms with E-state index in [9.17, 15) is 18.0 Å². The summed E-state index contributed by atoms with van der Waals surface area (Å²) in [5, 5.41) is 5.16. The van der Waals surface area contributed by atoms with Crippen LogP contribution < -0.4 is 16.4 Å². The summed E-state index contributed by atoms with van der Waals surface area (Å²) in [6.45, 7) is 2.42. The lowest BCUT2D eigenvalue weighted by Crippen LogP contribution is -2.25. The molecule has 1 heterocycles. The van der Waals surface area contributed by atoms with Crippen LogP contribution in [0.1, 0.15) is 19.0 Å². The summed E-state index contributed by atoms with van der Waals surface area (Å²) in [4.78, 5) is 17.9. The van der Waals surface area contributed by atoms with Gasteiger partial charge in [-0.2, -0.15) is 18.2 Å². The monoisotopic (exact) mass is 277 g/mol. The number of carbonyl (C=O) groups excluding carboxylic acids is 1. The van der Waals surface area contributed by atoms with E-state index >= 15 is 0 Å². The van der Waals surface area contributed by atoms with Gasteiger partial charge in [-0.05, 0) is 6.92 Å². The first-order valence-electron chi connectivity index (χ1n) is 5.55. The van der Waals surface area contributed by atoms with Crippen molar-refractivity contribution >= 4 is 17.7 Å². The molecule has 0 saturated heterocycles. The zero-order valence-corrected chi connectivity index (χ0v) is 10.2. The predicted molar refractivity (Wildman–Crippen MR) is 63.2 cm³/mol. The molecule has 1 aromatic rings. The lowest BCUT2D eigenvalue weighted by atomic mass is 10.3. The first-order valence-corrected chi connectivity index (χ1v) is 5.55. The standard InChI is InChI=1S/C10H14F3N5O/c1-2-15-8(19)3-4-16-7-5-6(10(11,12)13)17-9(14)18-7/h5H,2-4H2,1H3,(H,15,19)(H3,14,16,17,18). The molecule has 1 rings (SSSR count). The highest BCUT2D eigenvalue weighted by Gasteiger charge is 2.33. The van der Waals surface area contributed by atoms with E-state index in [0.29, 0.717) is 6.54 Å². The largest absolute Gasteiger partial charge is 0.433 e. The summed E-state index contributed by atoms with van der Waals surface area (Å²) < 4.78 is 37.4. The highest BCUT2D eigenvalue weighted by Crippen LogP contribution is 2.29. The fourth-order valence-corrected chi connectivity index (χ4v) is 1.29. The van der Waals surface area contributed by atoms with E-state index in [1.165, 1.54) is 0 Å². The number of aromatic nitrogens is 2. The van der Waals surface area contributed by atoms with Gasteiger partial charge in [-0.15, -0.1) is 0 Å². The molecule has 1 amide bonds. The summed E-state index contributed by atoms with van der Waals surface area (Å²) in [6.07, 6.45) is -4.47. The van der Waals surface area contributed by atoms with Crippen molar-refractivity contribution in [3.05, 3.63) is 11.8 Å². The van der Waals surface area contributed by atoms with Gasteiger partial charge in [0, 0.05) is 25.6 Å². The van der Waals surface area contributed by atoms with Gasteiger partial charge in [-0.25, -0.2) is 4.98 Å². The highest BCUT2D eigenvalue weighted by atomic mass is 19.4. The molecule has 0 unspecified atom stereocenters. The number of halogens is 3. The number of hydrogen-bond acceptors (Lipinski definition) is 5. The first kappa shape index (κ1) is 15.0. The number of nitrogen functional groups attached to an aromatic ring is 1. The average molecular weight is 277 g/mol. The molecule has 0 spiro atoms. The molecule has 0 radical (unpaired) electrons. The quantitative estimate of drug-likeness (QED) is 0.747. The van der Waals surface area contributed by atoms with Crippen molar-refractivity contribution in [1.29, 1.82) is 0 Å². The van der Waals surface area contributed by atoms with Gasteiger partial charge in [-0.3, -0.25) is 4.79 Å². The molecule has 0 aliphatic heterocycles. The number of amides is 1. The molecule has 4 N–H and O–H groups in total. The van der Waals surface area contributed by atoms with Crippen LogP contribution in [0.2, 0.25) is 0 Å². The Morgan fingerprint density at radius 1 is 1.42 bits per heavy atom. The number of rotatable bonds is 5. The summed E-state index contributed by atoms with van der Waals surface area (Å²) >= 11 is 0. The molecule has 0 aromatic carbocycles. The Bertz CT molecular complexity index is 449. The van der Waals surface area contributed by atoms with Crippen LogP contribution in [-0.2, 0) is 11.0 Å². The molecule has 9 heteroatoms. The van der Waals surface area contributed by atoms with E-state index in [-0.39, 0.29) is 24.7 Å². The SMILES string of the molecule is CCNC(=O)CCNc1cc(C(F)(F)F)nc(N)n1. The molecule has 0 aliphatic rings. The number of nitrogens with one attached hydrogen (secondary N) is 2. The molecule has 0 fully saturated rings. The fraction of sp³-hybridized carbons (Fsp3) is 0.500. The number of carbonyl (C=O) groups is 1. The van der Waals surface area contributed by atoms with Crippen molar-refractivity contribution < 1.29 is 18.0 Å². The minimum absolute atomic E-state index is 0.0656. The van der Waals surface area contributed by atoms with Gasteiger partial charge in [0.05, 0.1) is 0 Å². The Morgan fingerprint density at radius 3 is 2.68 bits per heavy atom. The minimum Gasteiger partial charge on any atom is -0.369 e. The van der Waals surface area contributed by atoms with Gasteiger partial charge < -0.3 is 16.4 Å². The molecule has 0 bridgehead atoms. The second-order valence-corrected chi connectivity index (χ2v) is 3.62. The molecular formula is C10H14F3N5O. The zero-order chi connectivity index (χ0) is 14.5. The van der Waals surface area contributed by atoms with Gasteiger partial charge >= 0.3 is 6.18 Å². The van der Waals surface area contributed by atoms with E-state index in [1.807, 2.05) is 0 Å². The van der Waals surface area contributed by atoms with E-state index < -0.39 is 17.8 Å². The first-order chi connectivity index (χ1) is 8.82. The molecular weight excluding hydrogens is 263 g/mol. The summed E-state index contributed by atoms with van der Waals surface area (Å²) in [5.41, 5.74) is 4.07. The number of nitrogens with two attached hydrogens (primary N) is 1. The van der Waals surface area contributed by atoms with Crippen LogP contribution in [0.25, 0.3) is 0 Å². The Kier molecular flexibility index (Phi) is 4.90. The van der Waals surface area contributed by atoms with Crippen LogP contribution in [0.3, 0.4) is 0 Å². The minimum atomic E-state index is -4.59. The van der Waals surface area contributed by atoms with Crippen LogP contribution in [0.4, 0.5) is 24.9 Å². The third-order valence-electron chi connectivity index (χ3n) is 2.07. The van der Waals surface area contributed by atoms with E-state index in [1.54, 1.807) is 6.92 Å². The Hall–Kier alpha value is -2.06. The van der Waals surface area contributed by atoms with Crippen LogP contribution in [-0.4, -0.2) is 29.0 Å². The van der Waals surface area contributed by atoms with Crippen molar-refractivity contribution in [2.24, 2.45) is 0 Å². The van der Waals surface area contributed by atoms with E-state index in [4.69, 9.17) is 5.73 Å². The molecule has 0 atom stereocenters. The van der Waals surface area contributed by atoms with Crippen LogP contribution in [0.5, 0.6) is 0 Å². The number of anilines is 2. The zero-order valence-electron chi connectivity index (χ0n) is 10.2. The van der Waals surface area contributed by atoms with Gasteiger partial charge in [0.25, 0.3) is 0 Å². The van der Waals surface area contributed by atoms with Gasteiger partial charge in [0.15, 0.2) is 5.69 Å². The summed E-state index contributed by atoms with van der Waals surface area (Å²) in [6, 6.07) is 0.744. The van der Waals surface area contributed by atoms with E-state index in [2.05, 4.69) is 20.6 Å². The summed E-state index contributed by atoms with van der Waals surface area (Å²) in [7, 11) is 0. The van der Waals surface area contributed by atoms with Crippen LogP contribution >= 0.6 is 0 Å². The molecule has 0 saturated carbocycles. The maximum absolute atomic E-state index is 12.5. The molecule has 1 aromatic heterocycles. The number of alkyl halides is 3. The molecule has 6 nitrogen and oxygen atoms in total. The van der Waals surface area contributed by atoms with Crippen molar-refractivity contribution in [3.8, 4) is 0 Å². The second-order valence-electron chi connectivity index (χ2n) is 3.62. The summed E-state index contributed by atoms with van der Waals surface area (Å²) in [5.74, 6) is -0.743.